The lowest BCUT2D eigenvalue weighted by molar-refractivity contribution is 0.0159. The number of amides is 1. The highest BCUT2D eigenvalue weighted by atomic mass is 19.1. The van der Waals surface area contributed by atoms with Crippen LogP contribution in [0.1, 0.15) is 81.7 Å². The molecule has 234 valence electrons. The van der Waals surface area contributed by atoms with E-state index in [-0.39, 0.29) is 41.1 Å². The first kappa shape index (κ1) is 32.3. The third-order valence-corrected chi connectivity index (χ3v) is 7.62. The maximum absolute atomic E-state index is 14.8. The summed E-state index contributed by atoms with van der Waals surface area (Å²) in [5, 5.41) is 12.1. The molecule has 3 heterocycles. The Kier molecular flexibility index (Phi) is 10.7. The van der Waals surface area contributed by atoms with Gasteiger partial charge >= 0.3 is 6.09 Å². The summed E-state index contributed by atoms with van der Waals surface area (Å²) in [7, 11) is 1.65. The van der Waals surface area contributed by atoms with E-state index in [0.29, 0.717) is 31.8 Å². The molecule has 0 unspecified atom stereocenters. The van der Waals surface area contributed by atoms with Gasteiger partial charge in [0, 0.05) is 50.7 Å². The molecule has 1 saturated heterocycles. The Morgan fingerprint density at radius 2 is 1.91 bits per heavy atom. The average Bonchev–Trinajstić information content (AvgIpc) is 3.64. The lowest BCUT2D eigenvalue weighted by atomic mass is 9.89. The Hall–Kier alpha value is -3.57. The number of rotatable bonds is 12. The van der Waals surface area contributed by atoms with Gasteiger partial charge in [0.05, 0.1) is 11.7 Å². The van der Waals surface area contributed by atoms with Gasteiger partial charge < -0.3 is 24.7 Å². The van der Waals surface area contributed by atoms with Crippen molar-refractivity contribution in [3.63, 3.8) is 0 Å². The Morgan fingerprint density at radius 3 is 2.56 bits per heavy atom. The van der Waals surface area contributed by atoms with E-state index in [1.807, 2.05) is 52.9 Å². The number of carbonyl (C=O) groups excluding carboxylic acids is 2. The maximum atomic E-state index is 14.8. The van der Waals surface area contributed by atoms with Crippen molar-refractivity contribution in [1.82, 2.24) is 30.2 Å². The van der Waals surface area contributed by atoms with E-state index < -0.39 is 17.5 Å². The molecule has 3 aromatic rings. The minimum Gasteiger partial charge on any atom is -0.444 e. The summed E-state index contributed by atoms with van der Waals surface area (Å²) in [5.41, 5.74) is 1.45. The van der Waals surface area contributed by atoms with E-state index in [1.54, 1.807) is 30.2 Å². The van der Waals surface area contributed by atoms with Crippen molar-refractivity contribution in [2.75, 3.05) is 26.8 Å². The average molecular weight is 597 g/mol. The minimum absolute atomic E-state index is 0.0370. The second kappa shape index (κ2) is 14.3. The maximum Gasteiger partial charge on any atom is 0.410 e. The predicted octanol–water partition coefficient (Wildman–Crippen LogP) is 5.29. The van der Waals surface area contributed by atoms with Gasteiger partial charge in [0.1, 0.15) is 17.1 Å². The number of likely N-dealkylation sites (tertiary alicyclic amines) is 1. The third-order valence-electron chi connectivity index (χ3n) is 7.62. The zero-order chi connectivity index (χ0) is 31.1. The van der Waals surface area contributed by atoms with Crippen molar-refractivity contribution in [1.29, 1.82) is 0 Å². The van der Waals surface area contributed by atoms with Gasteiger partial charge in [-0.3, -0.25) is 4.79 Å². The van der Waals surface area contributed by atoms with Crippen LogP contribution in [0.2, 0.25) is 0 Å². The van der Waals surface area contributed by atoms with Crippen LogP contribution >= 0.6 is 0 Å². The van der Waals surface area contributed by atoms with E-state index >= 15 is 0 Å². The lowest BCUT2D eigenvalue weighted by Crippen LogP contribution is -2.56. The number of para-hydroxylation sites is 1. The molecule has 0 aliphatic carbocycles. The number of hydrogen-bond acceptors (Lipinski definition) is 7. The third kappa shape index (κ3) is 8.29. The Bertz CT molecular complexity index is 1350. The van der Waals surface area contributed by atoms with E-state index in [0.717, 1.165) is 25.0 Å². The largest absolute Gasteiger partial charge is 0.444 e. The number of ether oxygens (including phenoxy) is 2. The molecule has 2 aromatic heterocycles. The van der Waals surface area contributed by atoms with Crippen molar-refractivity contribution in [3.05, 3.63) is 65.5 Å². The first-order valence-corrected chi connectivity index (χ1v) is 15.1. The summed E-state index contributed by atoms with van der Waals surface area (Å²) < 4.78 is 27.2. The number of ketones is 1. The van der Waals surface area contributed by atoms with Crippen molar-refractivity contribution in [2.45, 2.75) is 83.9 Å². The molecule has 1 aliphatic heterocycles. The van der Waals surface area contributed by atoms with E-state index in [4.69, 9.17) is 9.47 Å². The van der Waals surface area contributed by atoms with Gasteiger partial charge in [-0.1, -0.05) is 31.2 Å². The Morgan fingerprint density at radius 1 is 1.14 bits per heavy atom. The van der Waals surface area contributed by atoms with Gasteiger partial charge in [-0.25, -0.2) is 13.9 Å². The monoisotopic (exact) mass is 596 g/mol. The number of benzene rings is 1. The van der Waals surface area contributed by atoms with Gasteiger partial charge in [0.15, 0.2) is 5.69 Å². The fraction of sp³-hybridized carbons (Fsp3) is 0.562. The van der Waals surface area contributed by atoms with Gasteiger partial charge in [0.25, 0.3) is 0 Å². The molecular weight excluding hydrogens is 551 g/mol. The first-order valence-electron chi connectivity index (χ1n) is 15.1. The highest BCUT2D eigenvalue weighted by molar-refractivity contribution is 5.99. The van der Waals surface area contributed by atoms with Crippen LogP contribution in [0.15, 0.2) is 42.6 Å². The smallest absolute Gasteiger partial charge is 0.410 e. The number of carbonyl (C=O) groups is 2. The number of nitrogens with zero attached hydrogens (tertiary/aromatic N) is 4. The molecule has 1 fully saturated rings. The number of Topliss-reactive ketones (excluding diaryl/α,β-unsaturated/α-hetero) is 1. The zero-order valence-corrected chi connectivity index (χ0v) is 26.1. The number of H-pyrrole nitrogens is 1. The summed E-state index contributed by atoms with van der Waals surface area (Å²) in [5.74, 6) is -0.698. The number of nitrogens with one attached hydrogen (secondary N) is 2. The van der Waals surface area contributed by atoms with E-state index in [9.17, 15) is 14.0 Å². The fourth-order valence-electron chi connectivity index (χ4n) is 5.56. The van der Waals surface area contributed by atoms with Crippen molar-refractivity contribution < 1.29 is 23.5 Å². The first-order chi connectivity index (χ1) is 20.5. The molecule has 43 heavy (non-hydrogen) atoms. The number of piperidine rings is 1. The van der Waals surface area contributed by atoms with Crippen LogP contribution in [-0.2, 0) is 15.9 Å². The number of aromatic amines is 1. The van der Waals surface area contributed by atoms with Crippen molar-refractivity contribution >= 4 is 11.9 Å². The molecular formula is C32H45FN6O4. The molecule has 10 nitrogen and oxygen atoms in total. The molecule has 4 rings (SSSR count). The molecule has 2 N–H and O–H groups in total. The molecule has 1 amide bonds. The zero-order valence-electron chi connectivity index (χ0n) is 26.1. The summed E-state index contributed by atoms with van der Waals surface area (Å²) >= 11 is 0. The van der Waals surface area contributed by atoms with Crippen molar-refractivity contribution in [2.24, 2.45) is 5.92 Å². The van der Waals surface area contributed by atoms with Crippen molar-refractivity contribution in [3.8, 4) is 5.69 Å². The summed E-state index contributed by atoms with van der Waals surface area (Å²) in [6.45, 7) is 11.0. The molecule has 0 saturated carbocycles. The topological polar surface area (TPSA) is 114 Å². The fourth-order valence-corrected chi connectivity index (χ4v) is 5.56. The van der Waals surface area contributed by atoms with Crippen LogP contribution in [-0.4, -0.2) is 81.2 Å². The Balaban J connectivity index is 1.61. The molecule has 0 bridgehead atoms. The second-order valence-electron chi connectivity index (χ2n) is 12.6. The molecule has 3 atom stereocenters. The van der Waals surface area contributed by atoms with Crippen LogP contribution in [0.25, 0.3) is 5.69 Å². The van der Waals surface area contributed by atoms with Gasteiger partial charge in [-0.15, -0.1) is 5.10 Å². The number of methoxy groups -OCH3 is 1. The predicted molar refractivity (Wildman–Crippen MR) is 162 cm³/mol. The Labute approximate surface area is 253 Å². The SMILES string of the molecule is COCCCCc1c(C(=O)[C@@H](N[C@H]2C[C@H](c3ccc[nH]3)CN(C(=O)OC(C)(C)C)C2)C(C)C)nnn1-c1ccccc1F. The van der Waals surface area contributed by atoms with Gasteiger partial charge in [-0.2, -0.15) is 0 Å². The number of aromatic nitrogens is 4. The summed E-state index contributed by atoms with van der Waals surface area (Å²) in [6.07, 6.45) is 4.21. The van der Waals surface area contributed by atoms with Crippen LogP contribution in [0.3, 0.4) is 0 Å². The summed E-state index contributed by atoms with van der Waals surface area (Å²) in [4.78, 5) is 32.4. The van der Waals surface area contributed by atoms with Crippen LogP contribution in [0.5, 0.6) is 0 Å². The minimum atomic E-state index is -0.625. The quantitative estimate of drug-likeness (QED) is 0.216. The molecule has 0 spiro atoms. The standard InChI is InChI=1S/C32H45FN6O4/c1-21(2)28(35-23-18-22(25-13-11-16-34-25)19-38(20-23)31(41)43-32(3,4)5)30(40)29-27(15-9-10-17-42-6)39(37-36-29)26-14-8-7-12-24(26)33/h7-8,11-14,16,21-23,28,34-35H,9-10,15,17-20H2,1-6H3/t22-,23-,28-/m0/s1. The number of halogens is 1. The molecule has 1 aliphatic rings. The normalized spacial score (nSPS) is 18.2. The van der Waals surface area contributed by atoms with Crippen LogP contribution in [0, 0.1) is 11.7 Å². The highest BCUT2D eigenvalue weighted by Crippen LogP contribution is 2.29. The number of unbranched alkanes of at least 4 members (excludes halogenated alkanes) is 1. The van der Waals surface area contributed by atoms with E-state index in [1.165, 1.54) is 10.7 Å². The van der Waals surface area contributed by atoms with Crippen LogP contribution in [0.4, 0.5) is 9.18 Å². The van der Waals surface area contributed by atoms with E-state index in [2.05, 4.69) is 20.6 Å². The van der Waals surface area contributed by atoms with Gasteiger partial charge in [0.2, 0.25) is 5.78 Å². The second-order valence-corrected chi connectivity index (χ2v) is 12.6. The lowest BCUT2D eigenvalue weighted by Gasteiger charge is -2.40. The van der Waals surface area contributed by atoms with Crippen LogP contribution < -0.4 is 5.32 Å². The van der Waals surface area contributed by atoms with Gasteiger partial charge in [-0.05, 0) is 76.6 Å². The summed E-state index contributed by atoms with van der Waals surface area (Å²) in [6, 6.07) is 9.52. The molecule has 1 aromatic carbocycles. The molecule has 0 radical (unpaired) electrons. The number of hydrogen-bond donors (Lipinski definition) is 2. The molecule has 11 heteroatoms. The highest BCUT2D eigenvalue weighted by Gasteiger charge is 2.37.